The molecule has 0 spiro atoms. The molecule has 0 atom stereocenters. The highest BCUT2D eigenvalue weighted by atomic mass is 32.2. The van der Waals surface area contributed by atoms with Gasteiger partial charge in [-0.3, -0.25) is 4.79 Å². The van der Waals surface area contributed by atoms with Gasteiger partial charge in [-0.25, -0.2) is 4.98 Å². The molecule has 24 heavy (non-hydrogen) atoms. The zero-order valence-corrected chi connectivity index (χ0v) is 14.4. The van der Waals surface area contributed by atoms with Crippen molar-refractivity contribution in [3.63, 3.8) is 0 Å². The number of rotatable bonds is 6. The molecule has 2 aromatic heterocycles. The van der Waals surface area contributed by atoms with Crippen LogP contribution in [0.1, 0.15) is 11.3 Å². The molecule has 0 aliphatic heterocycles. The first kappa shape index (κ1) is 16.4. The van der Waals surface area contributed by atoms with E-state index in [1.807, 2.05) is 31.2 Å². The lowest BCUT2D eigenvalue weighted by Gasteiger charge is -2.08. The molecule has 3 aromatic rings. The number of amides is 1. The maximum Gasteiger partial charge on any atom is 0.230 e. The van der Waals surface area contributed by atoms with Crippen LogP contribution in [0.3, 0.4) is 0 Å². The number of nitrogens with zero attached hydrogens (tertiary/aromatic N) is 1. The quantitative estimate of drug-likeness (QED) is 0.694. The van der Waals surface area contributed by atoms with Crippen LogP contribution in [0, 0.1) is 6.92 Å². The number of aryl methyl sites for hydroxylation is 1. The van der Waals surface area contributed by atoms with Crippen LogP contribution in [0.25, 0.3) is 10.9 Å². The van der Waals surface area contributed by atoms with Crippen molar-refractivity contribution < 1.29 is 13.9 Å². The number of carbonyl (C=O) groups excluding carboxylic acids is 1. The molecule has 0 saturated heterocycles. The van der Waals surface area contributed by atoms with E-state index in [9.17, 15) is 4.79 Å². The molecule has 2 heterocycles. The normalized spacial score (nSPS) is 10.8. The van der Waals surface area contributed by atoms with E-state index >= 15 is 0 Å². The minimum absolute atomic E-state index is 0.0487. The molecule has 0 aliphatic rings. The summed E-state index contributed by atoms with van der Waals surface area (Å²) in [5, 5.41) is 4.72. The van der Waals surface area contributed by atoms with Gasteiger partial charge in [0, 0.05) is 5.39 Å². The molecule has 1 aromatic carbocycles. The molecule has 5 nitrogen and oxygen atoms in total. The van der Waals surface area contributed by atoms with Crippen molar-refractivity contribution in [3.05, 3.63) is 54.0 Å². The Hall–Kier alpha value is -2.47. The Morgan fingerprint density at radius 2 is 2.21 bits per heavy atom. The molecule has 0 radical (unpaired) electrons. The van der Waals surface area contributed by atoms with Gasteiger partial charge in [0.2, 0.25) is 5.91 Å². The van der Waals surface area contributed by atoms with E-state index in [0.29, 0.717) is 12.3 Å². The topological polar surface area (TPSA) is 64.4 Å². The van der Waals surface area contributed by atoms with Crippen LogP contribution in [0.15, 0.2) is 52.1 Å². The zero-order valence-electron chi connectivity index (χ0n) is 13.5. The highest BCUT2D eigenvalue weighted by molar-refractivity contribution is 7.99. The van der Waals surface area contributed by atoms with Crippen molar-refractivity contribution in [3.8, 4) is 5.75 Å². The summed E-state index contributed by atoms with van der Waals surface area (Å²) in [5.74, 6) is 1.81. The smallest absolute Gasteiger partial charge is 0.230 e. The molecular weight excluding hydrogens is 324 g/mol. The SMILES string of the molecule is COc1ccc2nc(SCC(=O)NCc3ccco3)c(C)cc2c1. The predicted octanol–water partition coefficient (Wildman–Crippen LogP) is 3.55. The standard InChI is InChI=1S/C18H18N2O3S/c1-12-8-13-9-14(22-2)5-6-16(13)20-18(12)24-11-17(21)19-10-15-4-3-7-23-15/h3-9H,10-11H2,1-2H3,(H,19,21). The number of nitrogens with one attached hydrogen (secondary N) is 1. The largest absolute Gasteiger partial charge is 0.497 e. The van der Waals surface area contributed by atoms with Crippen LogP contribution >= 0.6 is 11.8 Å². The van der Waals surface area contributed by atoms with Gasteiger partial charge in [-0.2, -0.15) is 0 Å². The summed E-state index contributed by atoms with van der Waals surface area (Å²) in [5.41, 5.74) is 1.93. The van der Waals surface area contributed by atoms with Crippen LogP contribution in [0.5, 0.6) is 5.75 Å². The van der Waals surface area contributed by atoms with Gasteiger partial charge in [0.05, 0.1) is 31.2 Å². The second-order valence-electron chi connectivity index (χ2n) is 5.31. The van der Waals surface area contributed by atoms with Gasteiger partial charge in [0.1, 0.15) is 16.5 Å². The fourth-order valence-corrected chi connectivity index (χ4v) is 3.12. The number of furan rings is 1. The number of aromatic nitrogens is 1. The maximum absolute atomic E-state index is 12.0. The first-order valence-electron chi connectivity index (χ1n) is 7.53. The molecular formula is C18H18N2O3S. The summed E-state index contributed by atoms with van der Waals surface area (Å²) in [6.07, 6.45) is 1.59. The van der Waals surface area contributed by atoms with Gasteiger partial charge < -0.3 is 14.5 Å². The van der Waals surface area contributed by atoms with Gasteiger partial charge in [-0.1, -0.05) is 11.8 Å². The summed E-state index contributed by atoms with van der Waals surface area (Å²) in [7, 11) is 1.65. The summed E-state index contributed by atoms with van der Waals surface area (Å²) in [4.78, 5) is 16.6. The van der Waals surface area contributed by atoms with E-state index in [4.69, 9.17) is 9.15 Å². The van der Waals surface area contributed by atoms with Crippen LogP contribution < -0.4 is 10.1 Å². The molecule has 0 fully saturated rings. The Labute approximate surface area is 144 Å². The maximum atomic E-state index is 12.0. The number of ether oxygens (including phenoxy) is 1. The van der Waals surface area contributed by atoms with E-state index < -0.39 is 0 Å². The Morgan fingerprint density at radius 1 is 1.33 bits per heavy atom. The average molecular weight is 342 g/mol. The number of thioether (sulfide) groups is 1. The lowest BCUT2D eigenvalue weighted by atomic mass is 10.1. The lowest BCUT2D eigenvalue weighted by molar-refractivity contribution is -0.118. The Kier molecular flexibility index (Phi) is 5.05. The van der Waals surface area contributed by atoms with Crippen molar-refractivity contribution in [2.75, 3.05) is 12.9 Å². The highest BCUT2D eigenvalue weighted by Crippen LogP contribution is 2.26. The van der Waals surface area contributed by atoms with Crippen LogP contribution in [-0.2, 0) is 11.3 Å². The number of carbonyl (C=O) groups is 1. The molecule has 0 unspecified atom stereocenters. The van der Waals surface area contributed by atoms with E-state index in [1.165, 1.54) is 11.8 Å². The van der Waals surface area contributed by atoms with Crippen LogP contribution in [0.2, 0.25) is 0 Å². The van der Waals surface area contributed by atoms with E-state index in [1.54, 1.807) is 19.4 Å². The third-order valence-corrected chi connectivity index (χ3v) is 4.64. The lowest BCUT2D eigenvalue weighted by Crippen LogP contribution is -2.24. The Bertz CT molecular complexity index is 847. The van der Waals surface area contributed by atoms with Crippen molar-refractivity contribution >= 4 is 28.6 Å². The first-order valence-corrected chi connectivity index (χ1v) is 8.51. The second-order valence-corrected chi connectivity index (χ2v) is 6.28. The highest BCUT2D eigenvalue weighted by Gasteiger charge is 2.09. The number of hydrogen-bond donors (Lipinski definition) is 1. The van der Waals surface area contributed by atoms with E-state index in [2.05, 4.69) is 16.4 Å². The van der Waals surface area contributed by atoms with Gasteiger partial charge in [0.25, 0.3) is 0 Å². The van der Waals surface area contributed by atoms with E-state index in [0.717, 1.165) is 33.0 Å². The molecule has 6 heteroatoms. The van der Waals surface area contributed by atoms with Crippen molar-refractivity contribution in [1.29, 1.82) is 0 Å². The Morgan fingerprint density at radius 3 is 2.96 bits per heavy atom. The van der Waals surface area contributed by atoms with Gasteiger partial charge >= 0.3 is 0 Å². The molecule has 0 saturated carbocycles. The molecule has 1 N–H and O–H groups in total. The minimum atomic E-state index is -0.0487. The average Bonchev–Trinajstić information content (AvgIpc) is 3.11. The van der Waals surface area contributed by atoms with Crippen LogP contribution in [0.4, 0.5) is 0 Å². The van der Waals surface area contributed by atoms with Crippen molar-refractivity contribution in [2.45, 2.75) is 18.5 Å². The first-order chi connectivity index (χ1) is 11.7. The number of methoxy groups -OCH3 is 1. The third-order valence-electron chi connectivity index (χ3n) is 3.55. The van der Waals surface area contributed by atoms with E-state index in [-0.39, 0.29) is 5.91 Å². The van der Waals surface area contributed by atoms with Gasteiger partial charge in [-0.05, 0) is 48.9 Å². The number of benzene rings is 1. The monoisotopic (exact) mass is 342 g/mol. The summed E-state index contributed by atoms with van der Waals surface area (Å²) < 4.78 is 10.4. The van der Waals surface area contributed by atoms with Gasteiger partial charge in [-0.15, -0.1) is 0 Å². The summed E-state index contributed by atoms with van der Waals surface area (Å²) >= 11 is 1.43. The molecule has 3 rings (SSSR count). The summed E-state index contributed by atoms with van der Waals surface area (Å²) in [6.45, 7) is 2.39. The predicted molar refractivity (Wildman–Crippen MR) is 94.3 cm³/mol. The fourth-order valence-electron chi connectivity index (χ4n) is 2.30. The summed E-state index contributed by atoms with van der Waals surface area (Å²) in [6, 6.07) is 11.5. The Balaban J connectivity index is 1.64. The van der Waals surface area contributed by atoms with Gasteiger partial charge in [0.15, 0.2) is 0 Å². The number of hydrogen-bond acceptors (Lipinski definition) is 5. The van der Waals surface area contributed by atoms with Crippen molar-refractivity contribution in [1.82, 2.24) is 10.3 Å². The molecule has 124 valence electrons. The third kappa shape index (κ3) is 3.89. The molecule has 0 bridgehead atoms. The fraction of sp³-hybridized carbons (Fsp3) is 0.222. The van der Waals surface area contributed by atoms with Crippen LogP contribution in [-0.4, -0.2) is 23.8 Å². The second kappa shape index (κ2) is 7.40. The number of pyridine rings is 1. The molecule has 0 aliphatic carbocycles. The number of fused-ring (bicyclic) bond motifs is 1. The molecule has 1 amide bonds. The van der Waals surface area contributed by atoms with Crippen molar-refractivity contribution in [2.24, 2.45) is 0 Å². The zero-order chi connectivity index (χ0) is 16.9. The minimum Gasteiger partial charge on any atom is -0.497 e.